The molecule has 1 aliphatic rings. The summed E-state index contributed by atoms with van der Waals surface area (Å²) in [5.41, 5.74) is 1.35. The number of halogens is 1. The predicted octanol–water partition coefficient (Wildman–Crippen LogP) is 5.12. The van der Waals surface area contributed by atoms with E-state index < -0.39 is 0 Å². The molecule has 0 spiro atoms. The molecule has 0 N–H and O–H groups in total. The lowest BCUT2D eigenvalue weighted by Crippen LogP contribution is -2.32. The lowest BCUT2D eigenvalue weighted by atomic mass is 9.89. The van der Waals surface area contributed by atoms with E-state index in [0.717, 1.165) is 44.1 Å². The van der Waals surface area contributed by atoms with Crippen LogP contribution in [0.15, 0.2) is 36.4 Å². The molecule has 0 radical (unpaired) electrons. The summed E-state index contributed by atoms with van der Waals surface area (Å²) in [5, 5.41) is 0.229. The van der Waals surface area contributed by atoms with E-state index >= 15 is 0 Å². The number of benzene rings is 2. The van der Waals surface area contributed by atoms with Gasteiger partial charge >= 0.3 is 5.97 Å². The Labute approximate surface area is 211 Å². The minimum atomic E-state index is -0.199. The molecule has 1 saturated carbocycles. The van der Waals surface area contributed by atoms with Crippen molar-refractivity contribution in [3.8, 4) is 17.2 Å². The number of esters is 1. The summed E-state index contributed by atoms with van der Waals surface area (Å²) in [5.74, 6) is 0.847. The van der Waals surface area contributed by atoms with E-state index in [0.29, 0.717) is 29.9 Å². The average molecular weight is 502 g/mol. The van der Waals surface area contributed by atoms with E-state index in [4.69, 9.17) is 25.8 Å². The third-order valence-electron chi connectivity index (χ3n) is 6.20. The van der Waals surface area contributed by atoms with Crippen LogP contribution in [-0.2, 0) is 16.0 Å². The van der Waals surface area contributed by atoms with Crippen LogP contribution in [0.5, 0.6) is 17.2 Å². The minimum absolute atomic E-state index is 0.00760. The van der Waals surface area contributed by atoms with Gasteiger partial charge in [-0.15, -0.1) is 0 Å². The molecule has 0 atom stereocenters. The zero-order valence-electron chi connectivity index (χ0n) is 20.3. The first-order valence-electron chi connectivity index (χ1n) is 11.9. The Morgan fingerprint density at radius 2 is 1.89 bits per heavy atom. The summed E-state index contributed by atoms with van der Waals surface area (Å²) < 4.78 is 16.3. The summed E-state index contributed by atoms with van der Waals surface area (Å²) in [6, 6.07) is 10.5. The molecule has 35 heavy (non-hydrogen) atoms. The Kier molecular flexibility index (Phi) is 9.97. The van der Waals surface area contributed by atoms with Crippen molar-refractivity contribution in [3.05, 3.63) is 52.5 Å². The summed E-state index contributed by atoms with van der Waals surface area (Å²) in [6.45, 7) is 0.349. The van der Waals surface area contributed by atoms with Gasteiger partial charge in [0.1, 0.15) is 17.2 Å². The number of likely N-dealkylation sites (N-methyl/N-ethyl adjacent to an activating group) is 1. The number of rotatable bonds is 11. The largest absolute Gasteiger partial charge is 0.496 e. The van der Waals surface area contributed by atoms with Gasteiger partial charge in [-0.25, -0.2) is 0 Å². The smallest absolute Gasteiger partial charge is 0.314 e. The molecule has 0 aromatic heterocycles. The van der Waals surface area contributed by atoms with Crippen LogP contribution in [-0.4, -0.2) is 50.4 Å². The zero-order chi connectivity index (χ0) is 25.2. The van der Waals surface area contributed by atoms with Crippen molar-refractivity contribution in [2.75, 3.05) is 27.3 Å². The first-order valence-corrected chi connectivity index (χ1v) is 12.3. The molecule has 188 valence electrons. The van der Waals surface area contributed by atoms with Crippen molar-refractivity contribution in [3.63, 3.8) is 0 Å². The second-order valence-corrected chi connectivity index (χ2v) is 9.16. The molecule has 1 aliphatic carbocycles. The molecule has 1 fully saturated rings. The number of carbonyl (C=O) groups is 3. The highest BCUT2D eigenvalue weighted by molar-refractivity contribution is 6.32. The first kappa shape index (κ1) is 26.5. The van der Waals surface area contributed by atoms with Gasteiger partial charge in [-0.2, -0.15) is 0 Å². The number of aldehydes is 1. The molecule has 0 aliphatic heterocycles. The Bertz CT molecular complexity index is 1030. The fourth-order valence-corrected chi connectivity index (χ4v) is 4.35. The maximum absolute atomic E-state index is 12.5. The highest BCUT2D eigenvalue weighted by Crippen LogP contribution is 2.32. The molecular formula is C27H32ClNO6. The number of carbonyl (C=O) groups excluding carboxylic acids is 3. The standard InChI is InChI=1S/C27H32ClNO6/c1-29(26(31)18-34-25-16-24(33-2)21(17-30)15-23(25)28)13-7-9-19-8-6-12-22(14-19)35-27(32)20-10-4-3-5-11-20/h6,8,12,14-17,20H,3-5,7,9-11,13,18H2,1-2H3. The fourth-order valence-electron chi connectivity index (χ4n) is 4.13. The monoisotopic (exact) mass is 501 g/mol. The normalized spacial score (nSPS) is 13.7. The minimum Gasteiger partial charge on any atom is -0.496 e. The lowest BCUT2D eigenvalue weighted by Gasteiger charge is -2.20. The third kappa shape index (κ3) is 7.72. The average Bonchev–Trinajstić information content (AvgIpc) is 2.88. The molecule has 0 saturated heterocycles. The van der Waals surface area contributed by atoms with Gasteiger partial charge < -0.3 is 19.1 Å². The van der Waals surface area contributed by atoms with Crippen LogP contribution in [0.4, 0.5) is 0 Å². The third-order valence-corrected chi connectivity index (χ3v) is 6.50. The number of hydrogen-bond donors (Lipinski definition) is 0. The Morgan fingerprint density at radius 3 is 2.60 bits per heavy atom. The van der Waals surface area contributed by atoms with Crippen LogP contribution < -0.4 is 14.2 Å². The van der Waals surface area contributed by atoms with Crippen molar-refractivity contribution in [2.45, 2.75) is 44.9 Å². The predicted molar refractivity (Wildman–Crippen MR) is 133 cm³/mol. The van der Waals surface area contributed by atoms with E-state index in [1.807, 2.05) is 18.2 Å². The van der Waals surface area contributed by atoms with E-state index in [2.05, 4.69) is 0 Å². The number of aryl methyl sites for hydroxylation is 1. The molecule has 2 aromatic rings. The quantitative estimate of drug-likeness (QED) is 0.241. The number of amides is 1. The van der Waals surface area contributed by atoms with Gasteiger partial charge in [0.2, 0.25) is 0 Å². The first-order chi connectivity index (χ1) is 16.9. The van der Waals surface area contributed by atoms with E-state index in [-0.39, 0.29) is 35.2 Å². The molecule has 3 rings (SSSR count). The van der Waals surface area contributed by atoms with E-state index in [1.165, 1.54) is 25.7 Å². The summed E-state index contributed by atoms with van der Waals surface area (Å²) in [7, 11) is 3.15. The van der Waals surface area contributed by atoms with Crippen LogP contribution in [0.3, 0.4) is 0 Å². The van der Waals surface area contributed by atoms with Crippen molar-refractivity contribution >= 4 is 29.8 Å². The Morgan fingerprint density at radius 1 is 1.11 bits per heavy atom. The summed E-state index contributed by atoms with van der Waals surface area (Å²) in [6.07, 6.45) is 7.31. The van der Waals surface area contributed by atoms with Gasteiger partial charge in [0, 0.05) is 19.7 Å². The Balaban J connectivity index is 1.44. The van der Waals surface area contributed by atoms with Crippen molar-refractivity contribution < 1.29 is 28.6 Å². The van der Waals surface area contributed by atoms with Gasteiger partial charge in [0.25, 0.3) is 5.91 Å². The van der Waals surface area contributed by atoms with Crippen LogP contribution >= 0.6 is 11.6 Å². The van der Waals surface area contributed by atoms with Crippen LogP contribution in [0.2, 0.25) is 5.02 Å². The van der Waals surface area contributed by atoms with Crippen LogP contribution in [0, 0.1) is 5.92 Å². The van der Waals surface area contributed by atoms with Gasteiger partial charge in [-0.05, 0) is 49.4 Å². The number of methoxy groups -OCH3 is 1. The zero-order valence-corrected chi connectivity index (χ0v) is 21.0. The van der Waals surface area contributed by atoms with Crippen molar-refractivity contribution in [1.29, 1.82) is 0 Å². The topological polar surface area (TPSA) is 82.1 Å². The van der Waals surface area contributed by atoms with Crippen molar-refractivity contribution in [2.24, 2.45) is 5.92 Å². The Hall–Kier alpha value is -3.06. The highest BCUT2D eigenvalue weighted by atomic mass is 35.5. The molecule has 0 unspecified atom stereocenters. The fraction of sp³-hybridized carbons (Fsp3) is 0.444. The maximum Gasteiger partial charge on any atom is 0.314 e. The van der Waals surface area contributed by atoms with E-state index in [1.54, 1.807) is 18.0 Å². The van der Waals surface area contributed by atoms with Gasteiger partial charge in [0.15, 0.2) is 12.9 Å². The molecule has 0 bridgehead atoms. The molecule has 7 nitrogen and oxygen atoms in total. The highest BCUT2D eigenvalue weighted by Gasteiger charge is 2.23. The van der Waals surface area contributed by atoms with Crippen LogP contribution in [0.1, 0.15) is 54.4 Å². The molecule has 0 heterocycles. The van der Waals surface area contributed by atoms with Gasteiger partial charge in [-0.1, -0.05) is 43.0 Å². The van der Waals surface area contributed by atoms with Crippen LogP contribution in [0.25, 0.3) is 0 Å². The summed E-state index contributed by atoms with van der Waals surface area (Å²) in [4.78, 5) is 37.6. The van der Waals surface area contributed by atoms with Gasteiger partial charge in [0.05, 0.1) is 23.6 Å². The molecule has 1 amide bonds. The van der Waals surface area contributed by atoms with Crippen molar-refractivity contribution in [1.82, 2.24) is 4.90 Å². The second kappa shape index (κ2) is 13.1. The second-order valence-electron chi connectivity index (χ2n) is 8.75. The number of nitrogens with zero attached hydrogens (tertiary/aromatic N) is 1. The summed E-state index contributed by atoms with van der Waals surface area (Å²) >= 11 is 6.14. The van der Waals surface area contributed by atoms with Gasteiger partial charge in [-0.3, -0.25) is 14.4 Å². The lowest BCUT2D eigenvalue weighted by molar-refractivity contribution is -0.140. The molecule has 8 heteroatoms. The number of ether oxygens (including phenoxy) is 3. The van der Waals surface area contributed by atoms with E-state index in [9.17, 15) is 14.4 Å². The maximum atomic E-state index is 12.5. The molecule has 2 aromatic carbocycles. The SMILES string of the molecule is COc1cc(OCC(=O)N(C)CCCc2cccc(OC(=O)C3CCCCC3)c2)c(Cl)cc1C=O. The number of hydrogen-bond acceptors (Lipinski definition) is 6. The molecular weight excluding hydrogens is 470 g/mol.